The number of nitrogens with zero attached hydrogens (tertiary/aromatic N) is 1. The first-order valence-corrected chi connectivity index (χ1v) is 5.72. The second-order valence-corrected chi connectivity index (χ2v) is 3.88. The lowest BCUT2D eigenvalue weighted by Gasteiger charge is -2.05. The van der Waals surface area contributed by atoms with Gasteiger partial charge in [0.15, 0.2) is 6.61 Å². The summed E-state index contributed by atoms with van der Waals surface area (Å²) in [6, 6.07) is 10.0. The molecule has 0 radical (unpaired) electrons. The van der Waals surface area contributed by atoms with Crippen LogP contribution in [0, 0.1) is 11.3 Å². The molecule has 0 spiro atoms. The number of benzene rings is 1. The Morgan fingerprint density at radius 2 is 2.11 bits per heavy atom. The van der Waals surface area contributed by atoms with Gasteiger partial charge in [-0.3, -0.25) is 4.79 Å². The monoisotopic (exact) mass is 276 g/mol. The molecular weight excluding hydrogens is 268 g/mol. The maximum Gasteiger partial charge on any atom is 0.260 e. The summed E-state index contributed by atoms with van der Waals surface area (Å²) in [6.45, 7) is -0.0175. The van der Waals surface area contributed by atoms with Crippen molar-refractivity contribution in [3.05, 3.63) is 47.4 Å². The Morgan fingerprint density at radius 1 is 1.37 bits per heavy atom. The predicted molar refractivity (Wildman–Crippen MR) is 69.2 cm³/mol. The molecule has 0 aliphatic carbocycles. The van der Waals surface area contributed by atoms with E-state index in [0.717, 1.165) is 0 Å². The van der Waals surface area contributed by atoms with E-state index in [0.29, 0.717) is 11.4 Å². The first kappa shape index (κ1) is 13.0. The number of rotatable bonds is 4. The van der Waals surface area contributed by atoms with Crippen LogP contribution in [0.2, 0.25) is 5.22 Å². The molecule has 0 unspecified atom stereocenters. The molecule has 5 nitrogen and oxygen atoms in total. The largest absolute Gasteiger partial charge is 0.479 e. The Morgan fingerprint density at radius 3 is 2.68 bits per heavy atom. The van der Waals surface area contributed by atoms with Crippen LogP contribution < -0.4 is 10.1 Å². The molecule has 0 atom stereocenters. The van der Waals surface area contributed by atoms with Crippen molar-refractivity contribution in [2.45, 2.75) is 0 Å². The third-order valence-corrected chi connectivity index (χ3v) is 2.57. The summed E-state index contributed by atoms with van der Waals surface area (Å²) in [5, 5.41) is 11.1. The fourth-order valence-electron chi connectivity index (χ4n) is 1.40. The number of amides is 1. The fourth-order valence-corrected chi connectivity index (χ4v) is 1.60. The van der Waals surface area contributed by atoms with Gasteiger partial charge >= 0.3 is 0 Å². The van der Waals surface area contributed by atoms with Gasteiger partial charge < -0.3 is 14.5 Å². The Labute approximate surface area is 114 Å². The van der Waals surface area contributed by atoms with E-state index in [4.69, 9.17) is 26.0 Å². The van der Waals surface area contributed by atoms with E-state index in [2.05, 4.69) is 5.32 Å². The predicted octanol–water partition coefficient (Wildman–Crippen LogP) is 3.09. The number of carbonyl (C=O) groups excluding carboxylic acids is 1. The van der Waals surface area contributed by atoms with Gasteiger partial charge in [-0.25, -0.2) is 0 Å². The highest BCUT2D eigenvalue weighted by atomic mass is 35.5. The molecule has 1 amide bonds. The topological polar surface area (TPSA) is 75.3 Å². The van der Waals surface area contributed by atoms with E-state index >= 15 is 0 Å². The highest BCUT2D eigenvalue weighted by Gasteiger charge is 2.12. The molecule has 0 bridgehead atoms. The SMILES string of the molecule is N#CCOc1ccc(NC(=O)c2ccoc2Cl)cc1. The molecule has 0 aliphatic rings. The van der Waals surface area contributed by atoms with E-state index in [-0.39, 0.29) is 23.3 Å². The lowest BCUT2D eigenvalue weighted by atomic mass is 10.2. The fraction of sp³-hybridized carbons (Fsp3) is 0.0769. The number of furan rings is 1. The minimum atomic E-state index is -0.357. The molecule has 0 fully saturated rings. The number of ether oxygens (including phenoxy) is 1. The maximum atomic E-state index is 11.8. The average Bonchev–Trinajstić information content (AvgIpc) is 2.84. The molecule has 0 aliphatic heterocycles. The van der Waals surface area contributed by atoms with Gasteiger partial charge in [0.1, 0.15) is 11.8 Å². The lowest BCUT2D eigenvalue weighted by Crippen LogP contribution is -2.11. The zero-order valence-corrected chi connectivity index (χ0v) is 10.5. The van der Waals surface area contributed by atoms with Crippen LogP contribution in [0.15, 0.2) is 41.0 Å². The van der Waals surface area contributed by atoms with Crippen molar-refractivity contribution in [2.75, 3.05) is 11.9 Å². The van der Waals surface area contributed by atoms with Gasteiger partial charge in [-0.1, -0.05) is 0 Å². The normalized spacial score (nSPS) is 9.68. The van der Waals surface area contributed by atoms with E-state index in [9.17, 15) is 4.79 Å². The number of hydrogen-bond donors (Lipinski definition) is 1. The second-order valence-electron chi connectivity index (χ2n) is 3.53. The maximum absolute atomic E-state index is 11.8. The Hall–Kier alpha value is -2.45. The van der Waals surface area contributed by atoms with Crippen molar-refractivity contribution in [1.29, 1.82) is 5.26 Å². The Balaban J connectivity index is 2.02. The molecule has 19 heavy (non-hydrogen) atoms. The van der Waals surface area contributed by atoms with Crippen LogP contribution in [-0.4, -0.2) is 12.5 Å². The average molecular weight is 277 g/mol. The Bertz CT molecular complexity index is 614. The van der Waals surface area contributed by atoms with Gasteiger partial charge in [-0.15, -0.1) is 0 Å². The van der Waals surface area contributed by atoms with Gasteiger partial charge in [0.2, 0.25) is 5.22 Å². The van der Waals surface area contributed by atoms with E-state index in [1.807, 2.05) is 6.07 Å². The minimum absolute atomic E-state index is 0.0175. The summed E-state index contributed by atoms with van der Waals surface area (Å²) in [4.78, 5) is 11.8. The third-order valence-electron chi connectivity index (χ3n) is 2.28. The number of anilines is 1. The highest BCUT2D eigenvalue weighted by Crippen LogP contribution is 2.20. The van der Waals surface area contributed by atoms with E-state index in [1.165, 1.54) is 12.3 Å². The molecule has 6 heteroatoms. The number of nitrogens with one attached hydrogen (secondary N) is 1. The number of hydrogen-bond acceptors (Lipinski definition) is 4. The molecule has 96 valence electrons. The standard InChI is InChI=1S/C13H9ClN2O3/c14-12-11(5-7-19-12)13(17)16-9-1-3-10(4-2-9)18-8-6-15/h1-5,7H,8H2,(H,16,17). The number of halogens is 1. The lowest BCUT2D eigenvalue weighted by molar-refractivity contribution is 0.102. The summed E-state index contributed by atoms with van der Waals surface area (Å²) < 4.78 is 9.94. The van der Waals surface area contributed by atoms with Crippen molar-refractivity contribution in [1.82, 2.24) is 0 Å². The zero-order chi connectivity index (χ0) is 13.7. The molecule has 2 aromatic rings. The van der Waals surface area contributed by atoms with Crippen LogP contribution in [0.4, 0.5) is 5.69 Å². The van der Waals surface area contributed by atoms with Crippen LogP contribution in [0.3, 0.4) is 0 Å². The molecule has 0 saturated carbocycles. The summed E-state index contributed by atoms with van der Waals surface area (Å²) in [5.74, 6) is 0.199. The van der Waals surface area contributed by atoms with Crippen molar-refractivity contribution in [3.8, 4) is 11.8 Å². The quantitative estimate of drug-likeness (QED) is 0.931. The first-order valence-electron chi connectivity index (χ1n) is 5.35. The van der Waals surface area contributed by atoms with Gasteiger partial charge in [-0.2, -0.15) is 5.26 Å². The summed E-state index contributed by atoms with van der Waals surface area (Å²) >= 11 is 5.71. The van der Waals surface area contributed by atoms with Crippen LogP contribution in [0.1, 0.15) is 10.4 Å². The molecule has 1 aromatic carbocycles. The second kappa shape index (κ2) is 5.94. The molecule has 1 heterocycles. The highest BCUT2D eigenvalue weighted by molar-refractivity contribution is 6.32. The van der Waals surface area contributed by atoms with E-state index in [1.54, 1.807) is 24.3 Å². The summed E-state index contributed by atoms with van der Waals surface area (Å²) in [5.41, 5.74) is 0.859. The smallest absolute Gasteiger partial charge is 0.260 e. The van der Waals surface area contributed by atoms with Gasteiger partial charge in [-0.05, 0) is 41.9 Å². The first-order chi connectivity index (χ1) is 9.20. The summed E-state index contributed by atoms with van der Waals surface area (Å²) in [6.07, 6.45) is 1.34. The molecule has 1 aromatic heterocycles. The number of carbonyl (C=O) groups is 1. The van der Waals surface area contributed by atoms with Crippen molar-refractivity contribution >= 4 is 23.2 Å². The van der Waals surface area contributed by atoms with Gasteiger partial charge in [0, 0.05) is 5.69 Å². The van der Waals surface area contributed by atoms with Crippen molar-refractivity contribution < 1.29 is 13.9 Å². The number of nitriles is 1. The minimum Gasteiger partial charge on any atom is -0.479 e. The summed E-state index contributed by atoms with van der Waals surface area (Å²) in [7, 11) is 0. The van der Waals surface area contributed by atoms with Gasteiger partial charge in [0.25, 0.3) is 5.91 Å². The molecule has 2 rings (SSSR count). The molecule has 1 N–H and O–H groups in total. The van der Waals surface area contributed by atoms with Crippen LogP contribution in [0.5, 0.6) is 5.75 Å². The van der Waals surface area contributed by atoms with Crippen molar-refractivity contribution in [2.24, 2.45) is 0 Å². The van der Waals surface area contributed by atoms with Crippen LogP contribution >= 0.6 is 11.6 Å². The van der Waals surface area contributed by atoms with Gasteiger partial charge in [0.05, 0.1) is 11.8 Å². The zero-order valence-electron chi connectivity index (χ0n) is 9.72. The molecule has 0 saturated heterocycles. The molecular formula is C13H9ClN2O3. The van der Waals surface area contributed by atoms with E-state index < -0.39 is 0 Å². The Kier molecular flexibility index (Phi) is 4.06. The van der Waals surface area contributed by atoms with Crippen LogP contribution in [-0.2, 0) is 0 Å². The third kappa shape index (κ3) is 3.27. The van der Waals surface area contributed by atoms with Crippen LogP contribution in [0.25, 0.3) is 0 Å². The van der Waals surface area contributed by atoms with Crippen molar-refractivity contribution in [3.63, 3.8) is 0 Å².